The minimum Gasteiger partial charge on any atom is -0.212 e. The molecule has 12 heavy (non-hydrogen) atoms. The third-order valence-corrected chi connectivity index (χ3v) is 1.31. The molecule has 0 aromatic carbocycles. The fourth-order valence-corrected chi connectivity index (χ4v) is 0.751. The van der Waals surface area contributed by atoms with E-state index in [2.05, 4.69) is 0 Å². The highest BCUT2D eigenvalue weighted by Crippen LogP contribution is 2.19. The maximum absolute atomic E-state index is 12.6. The first-order chi connectivity index (χ1) is 5.63. The summed E-state index contributed by atoms with van der Waals surface area (Å²) in [5.74, 6) is -0.888. The lowest BCUT2D eigenvalue weighted by atomic mass is 10.1. The van der Waals surface area contributed by atoms with Gasteiger partial charge in [-0.1, -0.05) is 26.8 Å². The van der Waals surface area contributed by atoms with E-state index in [0.29, 0.717) is 6.42 Å². The standard InChI is InChI=1S/C8H12F2.C2H6/c1-4-7(6(3)9)8(10)5-2;1-2/h5H,4H2,1-3H3;1-2H3/b7-6+,8-5+;. The van der Waals surface area contributed by atoms with Gasteiger partial charge in [-0.2, -0.15) is 0 Å². The van der Waals surface area contributed by atoms with E-state index < -0.39 is 11.7 Å². The Kier molecular flexibility index (Phi) is 9.77. The molecule has 0 bridgehead atoms. The molecule has 0 atom stereocenters. The third-order valence-electron chi connectivity index (χ3n) is 1.31. The molecular formula is C10H18F2. The summed E-state index contributed by atoms with van der Waals surface area (Å²) < 4.78 is 25.0. The van der Waals surface area contributed by atoms with Crippen molar-refractivity contribution in [1.29, 1.82) is 0 Å². The molecule has 2 heteroatoms. The van der Waals surface area contributed by atoms with E-state index in [1.54, 1.807) is 13.8 Å². The van der Waals surface area contributed by atoms with Crippen molar-refractivity contribution in [2.45, 2.75) is 41.0 Å². The summed E-state index contributed by atoms with van der Waals surface area (Å²) in [6.07, 6.45) is 1.67. The molecule has 0 rings (SSSR count). The molecule has 0 aliphatic carbocycles. The van der Waals surface area contributed by atoms with Crippen LogP contribution in [0.25, 0.3) is 0 Å². The highest BCUT2D eigenvalue weighted by molar-refractivity contribution is 5.26. The minimum absolute atomic E-state index is 0.169. The molecule has 0 saturated heterocycles. The molecular weight excluding hydrogens is 158 g/mol. The Balaban J connectivity index is 0. The first kappa shape index (κ1) is 13.9. The highest BCUT2D eigenvalue weighted by atomic mass is 19.1. The van der Waals surface area contributed by atoms with Crippen molar-refractivity contribution in [1.82, 2.24) is 0 Å². The molecule has 0 nitrogen and oxygen atoms in total. The van der Waals surface area contributed by atoms with Crippen LogP contribution in [-0.4, -0.2) is 0 Å². The fraction of sp³-hybridized carbons (Fsp3) is 0.600. The van der Waals surface area contributed by atoms with Crippen LogP contribution in [0.2, 0.25) is 0 Å². The van der Waals surface area contributed by atoms with Crippen LogP contribution in [0, 0.1) is 0 Å². The van der Waals surface area contributed by atoms with Crippen molar-refractivity contribution in [3.8, 4) is 0 Å². The summed E-state index contributed by atoms with van der Waals surface area (Å²) in [5, 5.41) is 0. The van der Waals surface area contributed by atoms with Gasteiger partial charge in [-0.25, -0.2) is 8.78 Å². The molecule has 0 saturated carbocycles. The summed E-state index contributed by atoms with van der Waals surface area (Å²) in [6, 6.07) is 0. The molecule has 0 heterocycles. The Morgan fingerprint density at radius 3 is 1.75 bits per heavy atom. The number of hydrogen-bond acceptors (Lipinski definition) is 0. The number of hydrogen-bond donors (Lipinski definition) is 0. The number of allylic oxidation sites excluding steroid dienone is 4. The SMILES string of the molecule is C/C=C(F)\C(CC)=C(/C)F.CC. The van der Waals surface area contributed by atoms with Gasteiger partial charge in [0.2, 0.25) is 0 Å². The van der Waals surface area contributed by atoms with Crippen molar-refractivity contribution in [3.63, 3.8) is 0 Å². The van der Waals surface area contributed by atoms with E-state index in [-0.39, 0.29) is 5.57 Å². The lowest BCUT2D eigenvalue weighted by molar-refractivity contribution is 0.584. The van der Waals surface area contributed by atoms with Crippen LogP contribution in [0.4, 0.5) is 8.78 Å². The Morgan fingerprint density at radius 1 is 1.25 bits per heavy atom. The smallest absolute Gasteiger partial charge is 0.124 e. The van der Waals surface area contributed by atoms with E-state index in [1.807, 2.05) is 13.8 Å². The molecule has 0 fully saturated rings. The van der Waals surface area contributed by atoms with Gasteiger partial charge in [0.1, 0.15) is 11.7 Å². The van der Waals surface area contributed by atoms with Crippen LogP contribution in [0.5, 0.6) is 0 Å². The number of rotatable bonds is 2. The van der Waals surface area contributed by atoms with Crippen LogP contribution in [0.15, 0.2) is 23.3 Å². The second-order valence-corrected chi connectivity index (χ2v) is 2.00. The van der Waals surface area contributed by atoms with Crippen LogP contribution in [-0.2, 0) is 0 Å². The summed E-state index contributed by atoms with van der Waals surface area (Å²) in [5.41, 5.74) is 0.169. The van der Waals surface area contributed by atoms with E-state index in [1.165, 1.54) is 13.0 Å². The molecule has 0 aromatic rings. The topological polar surface area (TPSA) is 0 Å². The van der Waals surface area contributed by atoms with Crippen molar-refractivity contribution in [2.75, 3.05) is 0 Å². The Morgan fingerprint density at radius 2 is 1.67 bits per heavy atom. The quantitative estimate of drug-likeness (QED) is 0.542. The zero-order valence-electron chi connectivity index (χ0n) is 8.54. The van der Waals surface area contributed by atoms with Crippen LogP contribution < -0.4 is 0 Å². The number of halogens is 2. The van der Waals surface area contributed by atoms with E-state index in [4.69, 9.17) is 0 Å². The van der Waals surface area contributed by atoms with Crippen molar-refractivity contribution < 1.29 is 8.78 Å². The molecule has 0 N–H and O–H groups in total. The zero-order chi connectivity index (χ0) is 10.1. The van der Waals surface area contributed by atoms with Crippen LogP contribution in [0.1, 0.15) is 41.0 Å². The third kappa shape index (κ3) is 5.05. The molecule has 0 radical (unpaired) electrons. The van der Waals surface area contributed by atoms with Crippen molar-refractivity contribution in [2.24, 2.45) is 0 Å². The van der Waals surface area contributed by atoms with Gasteiger partial charge in [-0.05, 0) is 20.3 Å². The lowest BCUT2D eigenvalue weighted by Gasteiger charge is -1.99. The minimum atomic E-state index is -0.456. The molecule has 0 unspecified atom stereocenters. The predicted octanol–water partition coefficient (Wildman–Crippen LogP) is 4.54. The van der Waals surface area contributed by atoms with Gasteiger partial charge in [0.25, 0.3) is 0 Å². The van der Waals surface area contributed by atoms with E-state index in [0.717, 1.165) is 0 Å². The van der Waals surface area contributed by atoms with Crippen molar-refractivity contribution in [3.05, 3.63) is 23.3 Å². The second kappa shape index (κ2) is 8.44. The molecule has 0 spiro atoms. The maximum atomic E-state index is 12.6. The van der Waals surface area contributed by atoms with E-state index >= 15 is 0 Å². The zero-order valence-corrected chi connectivity index (χ0v) is 8.54. The summed E-state index contributed by atoms with van der Waals surface area (Å²) in [6.45, 7) is 8.54. The van der Waals surface area contributed by atoms with Gasteiger partial charge in [0.15, 0.2) is 0 Å². The maximum Gasteiger partial charge on any atom is 0.124 e. The summed E-state index contributed by atoms with van der Waals surface area (Å²) in [7, 11) is 0. The van der Waals surface area contributed by atoms with Crippen molar-refractivity contribution >= 4 is 0 Å². The normalized spacial score (nSPS) is 13.1. The Hall–Kier alpha value is -0.660. The highest BCUT2D eigenvalue weighted by Gasteiger charge is 2.03. The molecule has 0 amide bonds. The van der Waals surface area contributed by atoms with Gasteiger partial charge in [0.05, 0.1) is 0 Å². The average molecular weight is 176 g/mol. The first-order valence-corrected chi connectivity index (χ1v) is 4.30. The van der Waals surface area contributed by atoms with Gasteiger partial charge < -0.3 is 0 Å². The predicted molar refractivity (Wildman–Crippen MR) is 50.3 cm³/mol. The van der Waals surface area contributed by atoms with Gasteiger partial charge in [0, 0.05) is 5.57 Å². The Labute approximate surface area is 74.0 Å². The van der Waals surface area contributed by atoms with Gasteiger partial charge >= 0.3 is 0 Å². The van der Waals surface area contributed by atoms with Gasteiger partial charge in [-0.3, -0.25) is 0 Å². The largest absolute Gasteiger partial charge is 0.212 e. The van der Waals surface area contributed by atoms with Crippen LogP contribution in [0.3, 0.4) is 0 Å². The summed E-state index contributed by atoms with van der Waals surface area (Å²) in [4.78, 5) is 0. The lowest BCUT2D eigenvalue weighted by Crippen LogP contribution is -1.83. The van der Waals surface area contributed by atoms with E-state index in [9.17, 15) is 8.78 Å². The molecule has 72 valence electrons. The van der Waals surface area contributed by atoms with Gasteiger partial charge in [-0.15, -0.1) is 0 Å². The van der Waals surface area contributed by atoms with Crippen LogP contribution >= 0.6 is 0 Å². The molecule has 0 aromatic heterocycles. The summed E-state index contributed by atoms with van der Waals surface area (Å²) >= 11 is 0. The monoisotopic (exact) mass is 176 g/mol. The average Bonchev–Trinajstić information content (AvgIpc) is 2.08. The first-order valence-electron chi connectivity index (χ1n) is 4.30. The fourth-order valence-electron chi connectivity index (χ4n) is 0.751. The second-order valence-electron chi connectivity index (χ2n) is 2.00. The Bertz CT molecular complexity index is 156. The molecule has 0 aliphatic rings. The molecule has 0 aliphatic heterocycles.